The molecule has 2 saturated heterocycles. The molecule has 2 saturated carbocycles. The lowest BCUT2D eigenvalue weighted by Gasteiger charge is -2.73. The molecule has 9 atom stereocenters. The third-order valence-electron chi connectivity index (χ3n) is 10.4. The fraction of sp³-hybridized carbons (Fsp3) is 0.621. The van der Waals surface area contributed by atoms with E-state index in [1.165, 1.54) is 6.92 Å². The van der Waals surface area contributed by atoms with Crippen LogP contribution in [0.2, 0.25) is 0 Å². The average molecular weight is 543 g/mol. The summed E-state index contributed by atoms with van der Waals surface area (Å²) in [5.74, 6) is -3.36. The largest absolute Gasteiger partial charge is 0.457 e. The van der Waals surface area contributed by atoms with Crippen LogP contribution in [0.25, 0.3) is 0 Å². The van der Waals surface area contributed by atoms with Crippen molar-refractivity contribution in [3.05, 3.63) is 47.0 Å². The summed E-state index contributed by atoms with van der Waals surface area (Å²) >= 11 is 0. The standard InChI is InChI=1S/C29H34O10/c1-14-17(31)12-27-20(14)29(35,24(34)39-25(27,3)4)26(5)18(32)11-19-28(13-36-19,38-15(2)30)21(26)22(27)37-23(33)16-9-7-6-8-10-16/h6-10,17-19,21-22,31-32,35H,11-13H2,1-5H3/t17-,18-,19+,21+,22-,26+,27-,28-,29+/m0/s1. The fourth-order valence-corrected chi connectivity index (χ4v) is 8.58. The van der Waals surface area contributed by atoms with Crippen molar-refractivity contribution in [3.8, 4) is 0 Å². The number of benzene rings is 1. The molecule has 10 nitrogen and oxygen atoms in total. The highest BCUT2D eigenvalue weighted by molar-refractivity contribution is 5.91. The van der Waals surface area contributed by atoms with Crippen LogP contribution in [-0.4, -0.2) is 81.1 Å². The Hall–Kier alpha value is -2.79. The summed E-state index contributed by atoms with van der Waals surface area (Å²) in [6.07, 6.45) is -4.44. The molecule has 1 aromatic carbocycles. The van der Waals surface area contributed by atoms with Gasteiger partial charge >= 0.3 is 17.9 Å². The summed E-state index contributed by atoms with van der Waals surface area (Å²) in [6.45, 7) is 7.67. The van der Waals surface area contributed by atoms with Crippen molar-refractivity contribution in [2.24, 2.45) is 16.7 Å². The molecule has 4 fully saturated rings. The van der Waals surface area contributed by atoms with Gasteiger partial charge in [0, 0.05) is 18.8 Å². The zero-order valence-corrected chi connectivity index (χ0v) is 22.6. The molecule has 210 valence electrons. The van der Waals surface area contributed by atoms with Crippen LogP contribution < -0.4 is 0 Å². The molecule has 2 bridgehead atoms. The Morgan fingerprint density at radius 3 is 2.36 bits per heavy atom. The van der Waals surface area contributed by atoms with E-state index in [-0.39, 0.29) is 30.6 Å². The maximum absolute atomic E-state index is 13.9. The number of ether oxygens (including phenoxy) is 4. The van der Waals surface area contributed by atoms with Crippen molar-refractivity contribution in [2.75, 3.05) is 6.61 Å². The van der Waals surface area contributed by atoms with Crippen molar-refractivity contribution >= 4 is 17.9 Å². The van der Waals surface area contributed by atoms with Gasteiger partial charge in [-0.15, -0.1) is 0 Å². The molecule has 6 rings (SSSR count). The summed E-state index contributed by atoms with van der Waals surface area (Å²) < 4.78 is 24.1. The molecule has 0 radical (unpaired) electrons. The van der Waals surface area contributed by atoms with Crippen LogP contribution in [0.3, 0.4) is 0 Å². The summed E-state index contributed by atoms with van der Waals surface area (Å²) in [5, 5.41) is 35.5. The summed E-state index contributed by atoms with van der Waals surface area (Å²) in [5.41, 5.74) is -7.51. The van der Waals surface area contributed by atoms with Gasteiger partial charge < -0.3 is 34.3 Å². The highest BCUT2D eigenvalue weighted by atomic mass is 16.6. The van der Waals surface area contributed by atoms with Crippen LogP contribution in [0.5, 0.6) is 0 Å². The van der Waals surface area contributed by atoms with Gasteiger partial charge in [-0.05, 0) is 50.5 Å². The molecule has 0 aromatic heterocycles. The van der Waals surface area contributed by atoms with E-state index in [4.69, 9.17) is 18.9 Å². The Labute approximate surface area is 225 Å². The molecule has 2 aliphatic heterocycles. The van der Waals surface area contributed by atoms with Gasteiger partial charge in [0.05, 0.1) is 35.7 Å². The molecule has 3 N–H and O–H groups in total. The van der Waals surface area contributed by atoms with E-state index in [1.54, 1.807) is 58.0 Å². The summed E-state index contributed by atoms with van der Waals surface area (Å²) in [4.78, 5) is 40.1. The normalized spacial score (nSPS) is 45.2. The van der Waals surface area contributed by atoms with Crippen molar-refractivity contribution < 1.29 is 48.7 Å². The van der Waals surface area contributed by atoms with Crippen molar-refractivity contribution in [2.45, 2.75) is 88.7 Å². The second-order valence-corrected chi connectivity index (χ2v) is 12.4. The minimum Gasteiger partial charge on any atom is -0.457 e. The van der Waals surface area contributed by atoms with E-state index in [0.29, 0.717) is 5.57 Å². The predicted octanol–water partition coefficient (Wildman–Crippen LogP) is 1.45. The minimum absolute atomic E-state index is 0.0200. The van der Waals surface area contributed by atoms with E-state index in [0.717, 1.165) is 0 Å². The molecule has 5 aliphatic rings. The second kappa shape index (κ2) is 7.90. The molecule has 3 aliphatic carbocycles. The molecular weight excluding hydrogens is 508 g/mol. The van der Waals surface area contributed by atoms with Crippen LogP contribution in [-0.2, 0) is 28.5 Å². The number of aliphatic hydroxyl groups excluding tert-OH is 2. The van der Waals surface area contributed by atoms with Crippen LogP contribution in [0.4, 0.5) is 0 Å². The van der Waals surface area contributed by atoms with Gasteiger partial charge in [0.1, 0.15) is 17.8 Å². The molecule has 0 unspecified atom stereocenters. The topological polar surface area (TPSA) is 149 Å². The first-order chi connectivity index (χ1) is 18.2. The third-order valence-corrected chi connectivity index (χ3v) is 10.4. The number of esters is 3. The smallest absolute Gasteiger partial charge is 0.343 e. The molecular formula is C29H34O10. The Kier molecular flexibility index (Phi) is 5.36. The van der Waals surface area contributed by atoms with E-state index < -0.39 is 75.9 Å². The maximum atomic E-state index is 13.9. The number of rotatable bonds is 3. The lowest BCUT2D eigenvalue weighted by molar-refractivity contribution is -0.380. The van der Waals surface area contributed by atoms with Crippen LogP contribution in [0, 0.1) is 16.7 Å². The fourth-order valence-electron chi connectivity index (χ4n) is 8.58. The van der Waals surface area contributed by atoms with Gasteiger partial charge in [-0.2, -0.15) is 0 Å². The number of fused-ring (bicyclic) bond motifs is 4. The zero-order chi connectivity index (χ0) is 28.3. The van der Waals surface area contributed by atoms with E-state index in [2.05, 4.69) is 0 Å². The monoisotopic (exact) mass is 542 g/mol. The van der Waals surface area contributed by atoms with E-state index in [1.807, 2.05) is 0 Å². The highest BCUT2D eigenvalue weighted by Gasteiger charge is 2.87. The SMILES string of the molecule is CC(=O)O[C@@]12CO[C@@H]1C[C@H](O)[C@]1(C)[C@H]2[C@H](OC(=O)c2ccccc2)[C@]23C[C@H](O)C(C)=C2[C@@]1(O)C(=O)OC3(C)C. The molecule has 0 amide bonds. The second-order valence-electron chi connectivity index (χ2n) is 12.4. The van der Waals surface area contributed by atoms with E-state index in [9.17, 15) is 29.7 Å². The summed E-state index contributed by atoms with van der Waals surface area (Å²) in [6, 6.07) is 8.35. The minimum atomic E-state index is -2.41. The van der Waals surface area contributed by atoms with Gasteiger partial charge in [0.25, 0.3) is 0 Å². The van der Waals surface area contributed by atoms with E-state index >= 15 is 0 Å². The lowest BCUT2D eigenvalue weighted by Crippen LogP contribution is -2.87. The maximum Gasteiger partial charge on any atom is 0.343 e. The highest BCUT2D eigenvalue weighted by Crippen LogP contribution is 2.75. The van der Waals surface area contributed by atoms with Crippen molar-refractivity contribution in [1.29, 1.82) is 0 Å². The first kappa shape index (κ1) is 26.4. The molecule has 10 heteroatoms. The van der Waals surface area contributed by atoms with Gasteiger partial charge in [0.2, 0.25) is 0 Å². The quantitative estimate of drug-likeness (QED) is 0.291. The van der Waals surface area contributed by atoms with Gasteiger partial charge in [-0.25, -0.2) is 9.59 Å². The van der Waals surface area contributed by atoms with Gasteiger partial charge in [-0.3, -0.25) is 4.79 Å². The third kappa shape index (κ3) is 2.88. The van der Waals surface area contributed by atoms with Gasteiger partial charge in [0.15, 0.2) is 11.2 Å². The lowest BCUT2D eigenvalue weighted by atomic mass is 9.37. The molecule has 1 aromatic rings. The zero-order valence-electron chi connectivity index (χ0n) is 22.6. The first-order valence-corrected chi connectivity index (χ1v) is 13.3. The number of hydrogen-bond acceptors (Lipinski definition) is 10. The number of carbonyl (C=O) groups excluding carboxylic acids is 3. The molecule has 0 spiro atoms. The molecule has 2 heterocycles. The predicted molar refractivity (Wildman–Crippen MR) is 133 cm³/mol. The number of hydrogen-bond donors (Lipinski definition) is 3. The number of aliphatic hydroxyl groups is 3. The number of cyclic esters (lactones) is 1. The Morgan fingerprint density at radius 2 is 1.77 bits per heavy atom. The molecule has 39 heavy (non-hydrogen) atoms. The average Bonchev–Trinajstić information content (AvgIpc) is 3.15. The van der Waals surface area contributed by atoms with Crippen LogP contribution >= 0.6 is 0 Å². The van der Waals surface area contributed by atoms with Crippen LogP contribution in [0.15, 0.2) is 41.5 Å². The Morgan fingerprint density at radius 1 is 1.10 bits per heavy atom. The Bertz CT molecular complexity index is 1300. The van der Waals surface area contributed by atoms with Gasteiger partial charge in [-0.1, -0.05) is 25.1 Å². The number of carbonyl (C=O) groups is 3. The summed E-state index contributed by atoms with van der Waals surface area (Å²) in [7, 11) is 0. The van der Waals surface area contributed by atoms with Crippen molar-refractivity contribution in [3.63, 3.8) is 0 Å². The van der Waals surface area contributed by atoms with Crippen molar-refractivity contribution in [1.82, 2.24) is 0 Å². The Balaban J connectivity index is 1.67. The first-order valence-electron chi connectivity index (χ1n) is 13.3. The van der Waals surface area contributed by atoms with Crippen LogP contribution in [0.1, 0.15) is 57.8 Å².